The quantitative estimate of drug-likeness (QED) is 0.832. The summed E-state index contributed by atoms with van der Waals surface area (Å²) in [5, 5.41) is 8.80. The van der Waals surface area contributed by atoms with Crippen LogP contribution in [0.4, 0.5) is 0 Å². The number of sulfone groups is 1. The van der Waals surface area contributed by atoms with Crippen LogP contribution >= 0.6 is 0 Å². The third-order valence-electron chi connectivity index (χ3n) is 2.84. The van der Waals surface area contributed by atoms with Crippen LogP contribution in [0.2, 0.25) is 0 Å². The molecule has 5 nitrogen and oxygen atoms in total. The van der Waals surface area contributed by atoms with Gasteiger partial charge in [0.15, 0.2) is 21.3 Å². The minimum Gasteiger partial charge on any atom is -0.493 e. The summed E-state index contributed by atoms with van der Waals surface area (Å²) >= 11 is 0. The number of ether oxygens (including phenoxy) is 2. The van der Waals surface area contributed by atoms with Crippen LogP contribution in [0.5, 0.6) is 11.5 Å². The molecule has 0 amide bonds. The van der Waals surface area contributed by atoms with E-state index in [0.29, 0.717) is 17.1 Å². The second-order valence-electron chi connectivity index (χ2n) is 5.26. The Bertz CT molecular complexity index is 609. The molecule has 0 aromatic heterocycles. The topological polar surface area (TPSA) is 76.4 Å². The van der Waals surface area contributed by atoms with Crippen LogP contribution in [0.15, 0.2) is 18.2 Å². The Morgan fingerprint density at radius 2 is 1.90 bits per heavy atom. The van der Waals surface area contributed by atoms with Gasteiger partial charge in [0.25, 0.3) is 0 Å². The molecule has 20 heavy (non-hydrogen) atoms. The van der Waals surface area contributed by atoms with Gasteiger partial charge in [-0.25, -0.2) is 8.42 Å². The standard InChI is InChI=1S/C14H19NO4S/c1-14(2,3)20(16,17)8-7-19-12-6-5-11(10-15)9-13(12)18-4/h5-6,9H,7-8H2,1-4H3. The fourth-order valence-electron chi connectivity index (χ4n) is 1.42. The van der Waals surface area contributed by atoms with E-state index in [1.54, 1.807) is 39.0 Å². The molecular formula is C14H19NO4S. The van der Waals surface area contributed by atoms with Gasteiger partial charge >= 0.3 is 0 Å². The lowest BCUT2D eigenvalue weighted by molar-refractivity contribution is 0.311. The maximum absolute atomic E-state index is 11.9. The first kappa shape index (κ1) is 16.3. The second kappa shape index (κ2) is 6.14. The van der Waals surface area contributed by atoms with Gasteiger partial charge in [-0.3, -0.25) is 0 Å². The Balaban J connectivity index is 2.75. The van der Waals surface area contributed by atoms with E-state index < -0.39 is 14.6 Å². The Morgan fingerprint density at radius 3 is 2.40 bits per heavy atom. The van der Waals surface area contributed by atoms with E-state index in [1.165, 1.54) is 7.11 Å². The first-order chi connectivity index (χ1) is 9.21. The molecule has 0 saturated carbocycles. The predicted molar refractivity (Wildman–Crippen MR) is 76.7 cm³/mol. The minimum atomic E-state index is -3.22. The maximum Gasteiger partial charge on any atom is 0.162 e. The summed E-state index contributed by atoms with van der Waals surface area (Å²) in [5.74, 6) is 0.771. The van der Waals surface area contributed by atoms with Crippen molar-refractivity contribution in [3.63, 3.8) is 0 Å². The molecule has 1 rings (SSSR count). The van der Waals surface area contributed by atoms with Gasteiger partial charge in [0, 0.05) is 6.07 Å². The SMILES string of the molecule is COc1cc(C#N)ccc1OCCS(=O)(=O)C(C)(C)C. The summed E-state index contributed by atoms with van der Waals surface area (Å²) in [6, 6.07) is 6.74. The number of methoxy groups -OCH3 is 1. The molecular weight excluding hydrogens is 278 g/mol. The maximum atomic E-state index is 11.9. The van der Waals surface area contributed by atoms with Crippen LogP contribution in [-0.4, -0.2) is 32.6 Å². The van der Waals surface area contributed by atoms with Crippen molar-refractivity contribution in [2.45, 2.75) is 25.5 Å². The molecule has 0 radical (unpaired) electrons. The average molecular weight is 297 g/mol. The number of rotatable bonds is 5. The third kappa shape index (κ3) is 3.87. The molecule has 0 aliphatic rings. The highest BCUT2D eigenvalue weighted by Crippen LogP contribution is 2.28. The molecule has 0 fully saturated rings. The largest absolute Gasteiger partial charge is 0.493 e. The van der Waals surface area contributed by atoms with Crippen molar-refractivity contribution in [3.8, 4) is 17.6 Å². The van der Waals surface area contributed by atoms with Gasteiger partial charge in [0.2, 0.25) is 0 Å². The van der Waals surface area contributed by atoms with Gasteiger partial charge in [-0.15, -0.1) is 0 Å². The van der Waals surface area contributed by atoms with Crippen molar-refractivity contribution in [1.82, 2.24) is 0 Å². The van der Waals surface area contributed by atoms with E-state index >= 15 is 0 Å². The highest BCUT2D eigenvalue weighted by atomic mass is 32.2. The van der Waals surface area contributed by atoms with Gasteiger partial charge < -0.3 is 9.47 Å². The van der Waals surface area contributed by atoms with E-state index in [4.69, 9.17) is 14.7 Å². The molecule has 0 bridgehead atoms. The lowest BCUT2D eigenvalue weighted by Crippen LogP contribution is -2.32. The zero-order valence-corrected chi connectivity index (χ0v) is 13.0. The molecule has 6 heteroatoms. The summed E-state index contributed by atoms with van der Waals surface area (Å²) in [5.41, 5.74) is 0.455. The molecule has 0 N–H and O–H groups in total. The van der Waals surface area contributed by atoms with Crippen LogP contribution < -0.4 is 9.47 Å². The van der Waals surface area contributed by atoms with Crippen molar-refractivity contribution < 1.29 is 17.9 Å². The van der Waals surface area contributed by atoms with Crippen LogP contribution in [0.3, 0.4) is 0 Å². The van der Waals surface area contributed by atoms with Crippen LogP contribution in [0, 0.1) is 11.3 Å². The van der Waals surface area contributed by atoms with E-state index in [1.807, 2.05) is 6.07 Å². The zero-order valence-electron chi connectivity index (χ0n) is 12.1. The van der Waals surface area contributed by atoms with Gasteiger partial charge in [-0.2, -0.15) is 5.26 Å². The Labute approximate surface area is 120 Å². The fourth-order valence-corrected chi connectivity index (χ4v) is 2.34. The molecule has 0 spiro atoms. The molecule has 0 unspecified atom stereocenters. The Hall–Kier alpha value is -1.74. The molecule has 0 heterocycles. The van der Waals surface area contributed by atoms with Crippen molar-refractivity contribution in [2.75, 3.05) is 19.5 Å². The van der Waals surface area contributed by atoms with Gasteiger partial charge in [0.1, 0.15) is 6.61 Å². The average Bonchev–Trinajstić information content (AvgIpc) is 2.37. The highest BCUT2D eigenvalue weighted by Gasteiger charge is 2.28. The minimum absolute atomic E-state index is 0.0435. The lowest BCUT2D eigenvalue weighted by atomic mass is 10.2. The normalized spacial score (nSPS) is 11.8. The first-order valence-corrected chi connectivity index (χ1v) is 7.80. The van der Waals surface area contributed by atoms with Gasteiger partial charge in [0.05, 0.1) is 29.2 Å². The molecule has 0 aliphatic carbocycles. The van der Waals surface area contributed by atoms with Gasteiger partial charge in [-0.05, 0) is 32.9 Å². The van der Waals surface area contributed by atoms with Gasteiger partial charge in [-0.1, -0.05) is 0 Å². The summed E-state index contributed by atoms with van der Waals surface area (Å²) in [6.07, 6.45) is 0. The molecule has 1 aromatic rings. The Morgan fingerprint density at radius 1 is 1.25 bits per heavy atom. The Kier molecular flexibility index (Phi) is 5.01. The number of nitrogens with zero attached hydrogens (tertiary/aromatic N) is 1. The lowest BCUT2D eigenvalue weighted by Gasteiger charge is -2.19. The zero-order chi connectivity index (χ0) is 15.4. The third-order valence-corrected chi connectivity index (χ3v) is 5.41. The smallest absolute Gasteiger partial charge is 0.162 e. The van der Waals surface area contributed by atoms with E-state index in [2.05, 4.69) is 0 Å². The molecule has 0 atom stereocenters. The van der Waals surface area contributed by atoms with Crippen LogP contribution in [0.25, 0.3) is 0 Å². The van der Waals surface area contributed by atoms with Crippen LogP contribution in [0.1, 0.15) is 26.3 Å². The monoisotopic (exact) mass is 297 g/mol. The number of hydrogen-bond acceptors (Lipinski definition) is 5. The fraction of sp³-hybridized carbons (Fsp3) is 0.500. The number of benzene rings is 1. The summed E-state index contributed by atoms with van der Waals surface area (Å²) in [6.45, 7) is 5.02. The van der Waals surface area contributed by atoms with E-state index in [-0.39, 0.29) is 12.4 Å². The van der Waals surface area contributed by atoms with E-state index in [9.17, 15) is 8.42 Å². The van der Waals surface area contributed by atoms with Crippen LogP contribution in [-0.2, 0) is 9.84 Å². The molecule has 1 aromatic carbocycles. The number of nitriles is 1. The van der Waals surface area contributed by atoms with Crippen molar-refractivity contribution in [2.24, 2.45) is 0 Å². The summed E-state index contributed by atoms with van der Waals surface area (Å²) in [4.78, 5) is 0. The first-order valence-electron chi connectivity index (χ1n) is 6.14. The summed E-state index contributed by atoms with van der Waals surface area (Å²) < 4.78 is 33.6. The van der Waals surface area contributed by atoms with E-state index in [0.717, 1.165) is 0 Å². The second-order valence-corrected chi connectivity index (χ2v) is 8.12. The molecule has 110 valence electrons. The summed E-state index contributed by atoms with van der Waals surface area (Å²) in [7, 11) is -1.75. The van der Waals surface area contributed by atoms with Crippen molar-refractivity contribution in [3.05, 3.63) is 23.8 Å². The highest BCUT2D eigenvalue weighted by molar-refractivity contribution is 7.92. The molecule has 0 aliphatic heterocycles. The molecule has 0 saturated heterocycles. The predicted octanol–water partition coefficient (Wildman–Crippen LogP) is 2.16. The van der Waals surface area contributed by atoms with Crippen molar-refractivity contribution in [1.29, 1.82) is 5.26 Å². The number of hydrogen-bond donors (Lipinski definition) is 0. The van der Waals surface area contributed by atoms with Crippen molar-refractivity contribution >= 4 is 9.84 Å².